The molecule has 7 nitrogen and oxygen atoms in total. The molecule has 0 aliphatic carbocycles. The highest BCUT2D eigenvalue weighted by Crippen LogP contribution is 2.27. The summed E-state index contributed by atoms with van der Waals surface area (Å²) in [7, 11) is -1.37. The minimum atomic E-state index is -3.03. The molecule has 2 aromatic heterocycles. The number of fused-ring (bicyclic) bond motifs is 1. The molecule has 0 unspecified atom stereocenters. The summed E-state index contributed by atoms with van der Waals surface area (Å²) in [6.07, 6.45) is 2.09. The minimum absolute atomic E-state index is 0.102. The van der Waals surface area contributed by atoms with Crippen molar-refractivity contribution in [2.24, 2.45) is 7.05 Å². The second kappa shape index (κ2) is 8.51. The molecule has 154 valence electrons. The van der Waals surface area contributed by atoms with E-state index in [0.29, 0.717) is 39.6 Å². The Labute approximate surface area is 174 Å². The van der Waals surface area contributed by atoms with E-state index in [2.05, 4.69) is 15.3 Å². The van der Waals surface area contributed by atoms with Gasteiger partial charge in [-0.1, -0.05) is 36.7 Å². The smallest absolute Gasteiger partial charge is 0.259 e. The van der Waals surface area contributed by atoms with E-state index in [1.165, 1.54) is 4.57 Å². The summed E-state index contributed by atoms with van der Waals surface area (Å²) in [5, 5.41) is 4.31. The number of sulfone groups is 1. The number of anilines is 1. The first-order valence-electron chi connectivity index (χ1n) is 9.30. The highest BCUT2D eigenvalue weighted by atomic mass is 35.5. The Morgan fingerprint density at radius 2 is 1.97 bits per heavy atom. The number of aryl methyl sites for hydroxylation is 1. The average Bonchev–Trinajstić information content (AvgIpc) is 2.70. The van der Waals surface area contributed by atoms with Gasteiger partial charge in [0.2, 0.25) is 5.95 Å². The molecular formula is C20H23ClN4O3S. The molecule has 1 N–H and O–H groups in total. The van der Waals surface area contributed by atoms with E-state index in [9.17, 15) is 13.2 Å². The third-order valence-corrected chi connectivity index (χ3v) is 6.86. The zero-order valence-electron chi connectivity index (χ0n) is 16.5. The Bertz CT molecular complexity index is 1210. The SMILES string of the molecule is CCS(=O)(=O)CC[C@@H](C)Nc1ncc2cc(-c3ccccc3Cl)c(=O)n(C)c2n1. The van der Waals surface area contributed by atoms with Crippen molar-refractivity contribution in [1.82, 2.24) is 14.5 Å². The number of aromatic nitrogens is 3. The van der Waals surface area contributed by atoms with E-state index in [-0.39, 0.29) is 23.1 Å². The maximum Gasteiger partial charge on any atom is 0.259 e. The van der Waals surface area contributed by atoms with E-state index in [4.69, 9.17) is 11.6 Å². The van der Waals surface area contributed by atoms with Gasteiger partial charge in [-0.3, -0.25) is 9.36 Å². The van der Waals surface area contributed by atoms with Crippen LogP contribution in [0.1, 0.15) is 20.3 Å². The second-order valence-electron chi connectivity index (χ2n) is 6.95. The van der Waals surface area contributed by atoms with Gasteiger partial charge >= 0.3 is 0 Å². The summed E-state index contributed by atoms with van der Waals surface area (Å²) < 4.78 is 24.8. The Kier molecular flexibility index (Phi) is 6.24. The van der Waals surface area contributed by atoms with Crippen LogP contribution in [-0.2, 0) is 16.9 Å². The lowest BCUT2D eigenvalue weighted by atomic mass is 10.1. The summed E-state index contributed by atoms with van der Waals surface area (Å²) in [5.74, 6) is 0.576. The Hall–Kier alpha value is -2.45. The van der Waals surface area contributed by atoms with Crippen molar-refractivity contribution < 1.29 is 8.42 Å². The topological polar surface area (TPSA) is 94.0 Å². The molecule has 0 saturated heterocycles. The highest BCUT2D eigenvalue weighted by molar-refractivity contribution is 7.91. The quantitative estimate of drug-likeness (QED) is 0.613. The van der Waals surface area contributed by atoms with E-state index >= 15 is 0 Å². The second-order valence-corrected chi connectivity index (χ2v) is 9.82. The van der Waals surface area contributed by atoms with Crippen LogP contribution in [0, 0.1) is 0 Å². The molecular weight excluding hydrogens is 412 g/mol. The van der Waals surface area contributed by atoms with Crippen molar-refractivity contribution in [2.75, 3.05) is 16.8 Å². The number of hydrogen-bond acceptors (Lipinski definition) is 6. The number of nitrogens with zero attached hydrogens (tertiary/aromatic N) is 3. The zero-order valence-corrected chi connectivity index (χ0v) is 18.1. The monoisotopic (exact) mass is 434 g/mol. The lowest BCUT2D eigenvalue weighted by Gasteiger charge is -2.15. The van der Waals surface area contributed by atoms with Crippen molar-refractivity contribution in [2.45, 2.75) is 26.3 Å². The number of halogens is 1. The largest absolute Gasteiger partial charge is 0.352 e. The van der Waals surface area contributed by atoms with Crippen LogP contribution < -0.4 is 10.9 Å². The third kappa shape index (κ3) is 4.76. The van der Waals surface area contributed by atoms with Crippen LogP contribution >= 0.6 is 11.6 Å². The van der Waals surface area contributed by atoms with Gasteiger partial charge in [-0.25, -0.2) is 13.4 Å². The van der Waals surface area contributed by atoms with Gasteiger partial charge in [0.05, 0.1) is 5.75 Å². The molecule has 0 amide bonds. The number of rotatable bonds is 7. The van der Waals surface area contributed by atoms with Crippen molar-refractivity contribution in [3.63, 3.8) is 0 Å². The summed E-state index contributed by atoms with van der Waals surface area (Å²) in [4.78, 5) is 21.6. The van der Waals surface area contributed by atoms with E-state index < -0.39 is 9.84 Å². The predicted octanol–water partition coefficient (Wildman–Crippen LogP) is 3.27. The molecule has 3 aromatic rings. The fraction of sp³-hybridized carbons (Fsp3) is 0.350. The van der Waals surface area contributed by atoms with Crippen LogP contribution in [0.25, 0.3) is 22.2 Å². The molecule has 3 rings (SSSR count). The molecule has 0 bridgehead atoms. The Balaban J connectivity index is 1.91. The first-order valence-corrected chi connectivity index (χ1v) is 11.5. The summed E-state index contributed by atoms with van der Waals surface area (Å²) in [6.45, 7) is 3.51. The zero-order chi connectivity index (χ0) is 21.2. The highest BCUT2D eigenvalue weighted by Gasteiger charge is 2.15. The predicted molar refractivity (Wildman–Crippen MR) is 117 cm³/mol. The molecule has 29 heavy (non-hydrogen) atoms. The Morgan fingerprint density at radius 3 is 2.66 bits per heavy atom. The fourth-order valence-corrected chi connectivity index (χ4v) is 4.22. The lowest BCUT2D eigenvalue weighted by molar-refractivity contribution is 0.591. The maximum atomic E-state index is 12.9. The number of pyridine rings is 1. The molecule has 0 fully saturated rings. The standard InChI is InChI=1S/C20H23ClN4O3S/c1-4-29(27,28)10-9-13(2)23-20-22-12-14-11-16(15-7-5-6-8-17(15)21)19(26)25(3)18(14)24-20/h5-8,11-13H,4,9-10H2,1-3H3,(H,22,23,24)/t13-/m1/s1. The van der Waals surface area contributed by atoms with Gasteiger partial charge in [-0.2, -0.15) is 4.98 Å². The number of nitrogens with one attached hydrogen (secondary N) is 1. The molecule has 0 saturated carbocycles. The van der Waals surface area contributed by atoms with Crippen molar-refractivity contribution in [1.29, 1.82) is 0 Å². The van der Waals surface area contributed by atoms with Crippen LogP contribution in [0.5, 0.6) is 0 Å². The van der Waals surface area contributed by atoms with Crippen LogP contribution in [0.3, 0.4) is 0 Å². The third-order valence-electron chi connectivity index (χ3n) is 4.79. The van der Waals surface area contributed by atoms with Crippen LogP contribution in [0.2, 0.25) is 5.02 Å². The van der Waals surface area contributed by atoms with Gasteiger partial charge in [0, 0.05) is 46.6 Å². The van der Waals surface area contributed by atoms with Gasteiger partial charge in [-0.15, -0.1) is 0 Å². The fourth-order valence-electron chi connectivity index (χ4n) is 2.98. The number of benzene rings is 1. The molecule has 0 aliphatic rings. The minimum Gasteiger partial charge on any atom is -0.352 e. The number of hydrogen-bond donors (Lipinski definition) is 1. The lowest BCUT2D eigenvalue weighted by Crippen LogP contribution is -2.23. The van der Waals surface area contributed by atoms with Gasteiger partial charge in [-0.05, 0) is 25.5 Å². The van der Waals surface area contributed by atoms with Gasteiger partial charge in [0.25, 0.3) is 5.56 Å². The van der Waals surface area contributed by atoms with Gasteiger partial charge in [0.15, 0.2) is 0 Å². The summed E-state index contributed by atoms with van der Waals surface area (Å²) in [5.41, 5.74) is 1.41. The molecule has 2 heterocycles. The molecule has 0 aliphatic heterocycles. The van der Waals surface area contributed by atoms with Crippen molar-refractivity contribution in [3.05, 3.63) is 51.9 Å². The summed E-state index contributed by atoms with van der Waals surface area (Å²) >= 11 is 6.26. The molecule has 1 aromatic carbocycles. The molecule has 0 spiro atoms. The van der Waals surface area contributed by atoms with Crippen molar-refractivity contribution in [3.8, 4) is 11.1 Å². The first kappa shape index (κ1) is 21.3. The van der Waals surface area contributed by atoms with Crippen molar-refractivity contribution >= 4 is 38.4 Å². The van der Waals surface area contributed by atoms with E-state index in [1.54, 1.807) is 38.4 Å². The van der Waals surface area contributed by atoms with Crippen LogP contribution in [0.4, 0.5) is 5.95 Å². The Morgan fingerprint density at radius 1 is 1.24 bits per heavy atom. The molecule has 9 heteroatoms. The average molecular weight is 435 g/mol. The van der Waals surface area contributed by atoms with Crippen LogP contribution in [0.15, 0.2) is 41.3 Å². The maximum absolute atomic E-state index is 12.9. The van der Waals surface area contributed by atoms with Gasteiger partial charge < -0.3 is 5.32 Å². The molecule has 0 radical (unpaired) electrons. The van der Waals surface area contributed by atoms with E-state index in [0.717, 1.165) is 0 Å². The molecule has 1 atom stereocenters. The summed E-state index contributed by atoms with van der Waals surface area (Å²) in [6, 6.07) is 8.78. The van der Waals surface area contributed by atoms with E-state index in [1.807, 2.05) is 19.1 Å². The normalized spacial score (nSPS) is 12.8. The first-order chi connectivity index (χ1) is 13.7. The van der Waals surface area contributed by atoms with Crippen LogP contribution in [-0.4, -0.2) is 40.5 Å². The van der Waals surface area contributed by atoms with Gasteiger partial charge in [0.1, 0.15) is 15.5 Å².